The van der Waals surface area contributed by atoms with Crippen LogP contribution in [0.4, 0.5) is 0 Å². The third-order valence-electron chi connectivity index (χ3n) is 9.32. The predicted octanol–water partition coefficient (Wildman–Crippen LogP) is -0.0507. The normalized spacial score (nSPS) is 16.1. The molecule has 0 radical (unpaired) electrons. The molecule has 0 bridgehead atoms. The van der Waals surface area contributed by atoms with Gasteiger partial charge in [0.1, 0.15) is 23.7 Å². The summed E-state index contributed by atoms with van der Waals surface area (Å²) in [5.41, 5.74) is 18.1. The van der Waals surface area contributed by atoms with Crippen LogP contribution in [0.1, 0.15) is 63.5 Å². The van der Waals surface area contributed by atoms with E-state index in [9.17, 15) is 33.9 Å². The summed E-state index contributed by atoms with van der Waals surface area (Å²) in [5, 5.41) is 20.3. The lowest BCUT2D eigenvalue weighted by Gasteiger charge is -2.36. The number of nitrogens with two attached hydrogens (primary N) is 3. The summed E-state index contributed by atoms with van der Waals surface area (Å²) in [6.07, 6.45) is 2.15. The van der Waals surface area contributed by atoms with Crippen molar-refractivity contribution in [3.05, 3.63) is 71.8 Å². The van der Waals surface area contributed by atoms with Crippen LogP contribution in [0.3, 0.4) is 0 Å². The van der Waals surface area contributed by atoms with Gasteiger partial charge in [0.05, 0.1) is 12.6 Å². The summed E-state index contributed by atoms with van der Waals surface area (Å²) < 4.78 is 0. The van der Waals surface area contributed by atoms with Crippen LogP contribution >= 0.6 is 0 Å². The first kappa shape index (κ1) is 42.6. The van der Waals surface area contributed by atoms with Crippen LogP contribution < -0.4 is 38.5 Å². The molecule has 11 N–H and O–H groups in total. The van der Waals surface area contributed by atoms with Gasteiger partial charge in [-0.05, 0) is 68.5 Å². The number of carboxylic acid groups (broad SMARTS) is 1. The van der Waals surface area contributed by atoms with Crippen molar-refractivity contribution in [2.45, 2.75) is 94.9 Å². The Bertz CT molecular complexity index is 1520. The maximum Gasteiger partial charge on any atom is 0.323 e. The fourth-order valence-electron chi connectivity index (χ4n) is 6.07. The molecule has 0 spiro atoms. The Balaban J connectivity index is 1.71. The van der Waals surface area contributed by atoms with Crippen molar-refractivity contribution in [2.75, 3.05) is 26.2 Å². The number of aliphatic carboxylic acids is 1. The molecular formula is C38H56N8O7. The molecule has 1 aliphatic rings. The molecule has 0 aliphatic carbocycles. The molecule has 0 unspecified atom stereocenters. The molecule has 1 fully saturated rings. The molecule has 2 aromatic carbocycles. The number of nitrogens with one attached hydrogen (secondary N) is 4. The number of hydrogen-bond donors (Lipinski definition) is 8. The molecule has 290 valence electrons. The minimum absolute atomic E-state index is 0.0347. The zero-order valence-electron chi connectivity index (χ0n) is 30.7. The molecule has 53 heavy (non-hydrogen) atoms. The number of nitrogens with zero attached hydrogens (tertiary/aromatic N) is 1. The van der Waals surface area contributed by atoms with Gasteiger partial charge in [0.25, 0.3) is 0 Å². The van der Waals surface area contributed by atoms with Gasteiger partial charge in [-0.1, -0.05) is 74.5 Å². The molecule has 15 heteroatoms. The minimum atomic E-state index is -1.40. The standard InChI is InChI=1S/C38H56N8O7/c1-25(2)21-30(45-36(51)31(23-27-13-7-4-8-14-27)44-33(48)28(40)22-26-11-5-3-6-12-26)35(50)43-29(15-9-10-18-39)34(49)42-24-32(47)46-19-16-38(41,17-20-46)37(52)53/h3-8,11-14,25,28-31H,9-10,15-24,39-41H2,1-2H3,(H,42,49)(H,43,50)(H,44,48)(H,45,51)(H,52,53)/t28-,29-,30-,31-/m1/s1. The largest absolute Gasteiger partial charge is 0.480 e. The second-order valence-electron chi connectivity index (χ2n) is 14.1. The van der Waals surface area contributed by atoms with E-state index in [-0.39, 0.29) is 64.1 Å². The molecule has 1 aliphatic heterocycles. The van der Waals surface area contributed by atoms with E-state index in [1.807, 2.05) is 74.5 Å². The molecule has 0 aromatic heterocycles. The van der Waals surface area contributed by atoms with Crippen LogP contribution in [0.15, 0.2) is 60.7 Å². The van der Waals surface area contributed by atoms with Crippen molar-refractivity contribution in [1.29, 1.82) is 0 Å². The molecule has 0 saturated carbocycles. The lowest BCUT2D eigenvalue weighted by atomic mass is 9.89. The highest BCUT2D eigenvalue weighted by Gasteiger charge is 2.39. The monoisotopic (exact) mass is 736 g/mol. The van der Waals surface area contributed by atoms with Crippen molar-refractivity contribution >= 4 is 35.5 Å². The molecule has 1 heterocycles. The Kier molecular flexibility index (Phi) is 16.9. The number of rotatable bonds is 20. The van der Waals surface area contributed by atoms with Crippen molar-refractivity contribution in [1.82, 2.24) is 26.2 Å². The molecule has 2 aromatic rings. The van der Waals surface area contributed by atoms with Crippen LogP contribution in [-0.4, -0.2) is 101 Å². The van der Waals surface area contributed by atoms with Crippen LogP contribution in [-0.2, 0) is 41.6 Å². The highest BCUT2D eigenvalue weighted by molar-refractivity contribution is 5.95. The van der Waals surface area contributed by atoms with Gasteiger partial charge in [-0.15, -0.1) is 0 Å². The molecule has 1 saturated heterocycles. The Morgan fingerprint density at radius 3 is 1.83 bits per heavy atom. The first-order chi connectivity index (χ1) is 25.2. The number of piperidine rings is 1. The number of hydrogen-bond acceptors (Lipinski definition) is 9. The summed E-state index contributed by atoms with van der Waals surface area (Å²) in [6.45, 7) is 4.07. The van der Waals surface area contributed by atoms with E-state index >= 15 is 0 Å². The number of unbranched alkanes of at least 4 members (excludes halogenated alkanes) is 1. The minimum Gasteiger partial charge on any atom is -0.480 e. The Labute approximate surface area is 311 Å². The van der Waals surface area contributed by atoms with E-state index < -0.39 is 65.2 Å². The van der Waals surface area contributed by atoms with Crippen molar-refractivity contribution in [3.63, 3.8) is 0 Å². The van der Waals surface area contributed by atoms with E-state index in [1.54, 1.807) is 0 Å². The Morgan fingerprint density at radius 2 is 1.28 bits per heavy atom. The summed E-state index contributed by atoms with van der Waals surface area (Å²) in [7, 11) is 0. The van der Waals surface area contributed by atoms with Gasteiger partial charge in [0, 0.05) is 19.5 Å². The van der Waals surface area contributed by atoms with E-state index in [0.29, 0.717) is 19.4 Å². The van der Waals surface area contributed by atoms with Crippen molar-refractivity contribution in [2.24, 2.45) is 23.1 Å². The van der Waals surface area contributed by atoms with Gasteiger partial charge >= 0.3 is 5.97 Å². The maximum atomic E-state index is 13.9. The maximum absolute atomic E-state index is 13.9. The molecular weight excluding hydrogens is 680 g/mol. The molecule has 3 rings (SSSR count). The first-order valence-corrected chi connectivity index (χ1v) is 18.2. The molecule has 5 amide bonds. The van der Waals surface area contributed by atoms with E-state index in [4.69, 9.17) is 17.2 Å². The lowest BCUT2D eigenvalue weighted by molar-refractivity contribution is -0.147. The zero-order valence-corrected chi connectivity index (χ0v) is 30.7. The number of likely N-dealkylation sites (tertiary alicyclic amines) is 1. The molecule has 15 nitrogen and oxygen atoms in total. The fourth-order valence-corrected chi connectivity index (χ4v) is 6.07. The number of carboxylic acids is 1. The average molecular weight is 737 g/mol. The highest BCUT2D eigenvalue weighted by Crippen LogP contribution is 2.20. The van der Waals surface area contributed by atoms with Crippen LogP contribution in [0, 0.1) is 5.92 Å². The number of carbonyl (C=O) groups is 6. The van der Waals surface area contributed by atoms with Gasteiger partial charge in [-0.3, -0.25) is 28.8 Å². The quantitative estimate of drug-likeness (QED) is 0.0842. The summed E-state index contributed by atoms with van der Waals surface area (Å²) in [4.78, 5) is 80.1. The lowest BCUT2D eigenvalue weighted by Crippen LogP contribution is -2.59. The third kappa shape index (κ3) is 13.9. The van der Waals surface area contributed by atoms with Crippen LogP contribution in [0.5, 0.6) is 0 Å². The summed E-state index contributed by atoms with van der Waals surface area (Å²) >= 11 is 0. The van der Waals surface area contributed by atoms with Crippen molar-refractivity contribution < 1.29 is 33.9 Å². The first-order valence-electron chi connectivity index (χ1n) is 18.2. The Morgan fingerprint density at radius 1 is 0.755 bits per heavy atom. The van der Waals surface area contributed by atoms with Crippen LogP contribution in [0.2, 0.25) is 0 Å². The van der Waals surface area contributed by atoms with E-state index in [0.717, 1.165) is 11.1 Å². The van der Waals surface area contributed by atoms with Crippen molar-refractivity contribution in [3.8, 4) is 0 Å². The Hall–Kier alpha value is -4.86. The number of carbonyl (C=O) groups excluding carboxylic acids is 5. The smallest absolute Gasteiger partial charge is 0.323 e. The third-order valence-corrected chi connectivity index (χ3v) is 9.32. The fraction of sp³-hybridized carbons (Fsp3) is 0.526. The van der Waals surface area contributed by atoms with E-state index in [2.05, 4.69) is 21.3 Å². The van der Waals surface area contributed by atoms with Gasteiger partial charge in [-0.25, -0.2) is 0 Å². The van der Waals surface area contributed by atoms with Crippen LogP contribution in [0.25, 0.3) is 0 Å². The summed E-state index contributed by atoms with van der Waals surface area (Å²) in [6, 6.07) is 14.4. The second kappa shape index (κ2) is 21.0. The second-order valence-corrected chi connectivity index (χ2v) is 14.1. The predicted molar refractivity (Wildman–Crippen MR) is 200 cm³/mol. The topological polar surface area (TPSA) is 252 Å². The number of amides is 5. The zero-order chi connectivity index (χ0) is 39.0. The van der Waals surface area contributed by atoms with Gasteiger partial charge in [-0.2, -0.15) is 0 Å². The molecule has 4 atom stereocenters. The van der Waals surface area contributed by atoms with Gasteiger partial charge < -0.3 is 48.5 Å². The van der Waals surface area contributed by atoms with Gasteiger partial charge in [0.2, 0.25) is 29.5 Å². The van der Waals surface area contributed by atoms with Gasteiger partial charge in [0.15, 0.2) is 0 Å². The average Bonchev–Trinajstić information content (AvgIpc) is 3.13. The number of benzene rings is 2. The SMILES string of the molecule is CC(C)C[C@@H](NC(=O)[C@@H](Cc1ccccc1)NC(=O)[C@H](N)Cc1ccccc1)C(=O)N[C@H](CCCCN)C(=O)NCC(=O)N1CCC(N)(C(=O)O)CC1. The highest BCUT2D eigenvalue weighted by atomic mass is 16.4. The summed E-state index contributed by atoms with van der Waals surface area (Å²) in [5.74, 6) is -3.85. The van der Waals surface area contributed by atoms with E-state index in [1.165, 1.54) is 4.90 Å².